The summed E-state index contributed by atoms with van der Waals surface area (Å²) in [5.41, 5.74) is 9.57. The highest BCUT2D eigenvalue weighted by molar-refractivity contribution is 5.96. The molecule has 0 radical (unpaired) electrons. The lowest BCUT2D eigenvalue weighted by Gasteiger charge is -2.19. The Kier molecular flexibility index (Phi) is 9.90. The highest BCUT2D eigenvalue weighted by Gasteiger charge is 2.41. The monoisotopic (exact) mass is 694 g/mol. The third-order valence-electron chi connectivity index (χ3n) is 11.4. The summed E-state index contributed by atoms with van der Waals surface area (Å²) in [5.74, 6) is -2.02. The van der Waals surface area contributed by atoms with E-state index in [1.54, 1.807) is 6.92 Å². The van der Waals surface area contributed by atoms with Gasteiger partial charge in [0.05, 0.1) is 29.6 Å². The summed E-state index contributed by atoms with van der Waals surface area (Å²) in [6.07, 6.45) is 4.25. The quantitative estimate of drug-likeness (QED) is 0.141. The van der Waals surface area contributed by atoms with Crippen LogP contribution in [0.4, 0.5) is 0 Å². The maximum absolute atomic E-state index is 13.5. The minimum absolute atomic E-state index is 0.0804. The number of nitrogens with zero attached hydrogens (tertiary/aromatic N) is 2. The van der Waals surface area contributed by atoms with E-state index in [1.807, 2.05) is 45.0 Å². The fourth-order valence-electron chi connectivity index (χ4n) is 8.13. The van der Waals surface area contributed by atoms with Crippen LogP contribution in [-0.2, 0) is 19.1 Å². The van der Waals surface area contributed by atoms with E-state index in [9.17, 15) is 19.8 Å². The normalized spacial score (nSPS) is 21.9. The summed E-state index contributed by atoms with van der Waals surface area (Å²) < 4.78 is 10.8. The second-order valence-corrected chi connectivity index (χ2v) is 14.3. The van der Waals surface area contributed by atoms with Crippen molar-refractivity contribution in [2.24, 2.45) is 0 Å². The van der Waals surface area contributed by atoms with Gasteiger partial charge in [-0.15, -0.1) is 0 Å². The molecule has 6 rings (SSSR count). The van der Waals surface area contributed by atoms with Crippen LogP contribution in [0.2, 0.25) is 0 Å². The number of aliphatic hydroxyl groups excluding tert-OH is 2. The molecule has 0 aromatic carbocycles. The molecule has 5 atom stereocenters. The van der Waals surface area contributed by atoms with Crippen LogP contribution >= 0.6 is 0 Å². The van der Waals surface area contributed by atoms with Crippen LogP contribution in [0.15, 0.2) is 29.8 Å². The number of hydrogen-bond donors (Lipinski definition) is 4. The number of carbonyl (C=O) groups is 2. The van der Waals surface area contributed by atoms with Crippen molar-refractivity contribution in [3.05, 3.63) is 79.8 Å². The molecular formula is C41H50N4O6. The van der Waals surface area contributed by atoms with Crippen molar-refractivity contribution < 1.29 is 29.3 Å². The molecule has 51 heavy (non-hydrogen) atoms. The van der Waals surface area contributed by atoms with Gasteiger partial charge in [0.1, 0.15) is 18.3 Å². The number of methoxy groups -OCH3 is 1. The molecule has 0 saturated carbocycles. The fraction of sp³-hybridized carbons (Fsp3) is 0.463. The lowest BCUT2D eigenvalue weighted by atomic mass is 9.84. The van der Waals surface area contributed by atoms with Gasteiger partial charge in [0.25, 0.3) is 0 Å². The lowest BCUT2D eigenvalue weighted by molar-refractivity contribution is -0.143. The van der Waals surface area contributed by atoms with Gasteiger partial charge in [0, 0.05) is 74.2 Å². The van der Waals surface area contributed by atoms with Gasteiger partial charge in [-0.1, -0.05) is 33.3 Å². The van der Waals surface area contributed by atoms with E-state index in [1.165, 1.54) is 7.11 Å². The van der Waals surface area contributed by atoms with Crippen molar-refractivity contribution >= 4 is 45.5 Å². The molecule has 3 aromatic heterocycles. The Morgan fingerprint density at radius 2 is 1.57 bits per heavy atom. The predicted octanol–water partition coefficient (Wildman–Crippen LogP) is 7.42. The highest BCUT2D eigenvalue weighted by atomic mass is 16.5. The van der Waals surface area contributed by atoms with Crippen LogP contribution in [0.25, 0.3) is 33.6 Å². The van der Waals surface area contributed by atoms with Gasteiger partial charge < -0.3 is 29.7 Å². The molecule has 0 unspecified atom stereocenters. The van der Waals surface area contributed by atoms with E-state index in [0.29, 0.717) is 28.4 Å². The third kappa shape index (κ3) is 6.23. The van der Waals surface area contributed by atoms with E-state index >= 15 is 0 Å². The van der Waals surface area contributed by atoms with Crippen molar-refractivity contribution in [1.29, 1.82) is 0 Å². The van der Waals surface area contributed by atoms with Gasteiger partial charge in [0.2, 0.25) is 0 Å². The minimum atomic E-state index is -1.08. The number of allylic oxidation sites excluding steroid dienone is 1. The second-order valence-electron chi connectivity index (χ2n) is 14.3. The SMILES string of the molecule is CC/C(C)=C/COC(=O)CC[C@@H]1c2nc(cc3[nH]c(cc4nc(cc5[nH]c6c2[C@@H](C(=O)OC)C(O)=c6c5C)[C@H](CC)[C@H]4C)/c(=C(/C)O)c3C)[C@H]1C. The number of aryl methyl sites for hydroxylation is 2. The minimum Gasteiger partial charge on any atom is -0.512 e. The molecule has 10 heteroatoms. The zero-order valence-corrected chi connectivity index (χ0v) is 31.2. The molecule has 1 aliphatic carbocycles. The molecule has 0 saturated heterocycles. The van der Waals surface area contributed by atoms with Crippen LogP contribution in [-0.4, -0.2) is 55.8 Å². The summed E-state index contributed by atoms with van der Waals surface area (Å²) in [4.78, 5) is 43.9. The van der Waals surface area contributed by atoms with Crippen LogP contribution in [0, 0.1) is 13.8 Å². The van der Waals surface area contributed by atoms with Gasteiger partial charge in [-0.3, -0.25) is 19.6 Å². The number of fused-ring (bicyclic) bond motifs is 8. The Morgan fingerprint density at radius 1 is 0.922 bits per heavy atom. The molecule has 8 bridgehead atoms. The van der Waals surface area contributed by atoms with Crippen LogP contribution < -0.4 is 10.4 Å². The Morgan fingerprint density at radius 3 is 2.24 bits per heavy atom. The second kappa shape index (κ2) is 14.0. The summed E-state index contributed by atoms with van der Waals surface area (Å²) in [6, 6.07) is 6.08. The molecule has 0 spiro atoms. The number of hydrogen-bond acceptors (Lipinski definition) is 8. The summed E-state index contributed by atoms with van der Waals surface area (Å²) >= 11 is 0. The zero-order chi connectivity index (χ0) is 36.9. The Labute approximate surface area is 298 Å². The van der Waals surface area contributed by atoms with Crippen molar-refractivity contribution in [1.82, 2.24) is 19.9 Å². The van der Waals surface area contributed by atoms with E-state index in [4.69, 9.17) is 19.4 Å². The number of aromatic nitrogens is 4. The molecule has 3 aliphatic rings. The van der Waals surface area contributed by atoms with Crippen LogP contribution in [0.1, 0.15) is 136 Å². The van der Waals surface area contributed by atoms with Crippen molar-refractivity contribution in [3.63, 3.8) is 0 Å². The summed E-state index contributed by atoms with van der Waals surface area (Å²) in [5, 5.41) is 24.0. The molecule has 10 nitrogen and oxygen atoms in total. The fourth-order valence-corrected chi connectivity index (χ4v) is 8.13. The number of nitrogens with one attached hydrogen (secondary N) is 2. The number of aliphatic hydroxyl groups is 2. The van der Waals surface area contributed by atoms with Gasteiger partial charge in [0.15, 0.2) is 0 Å². The first-order chi connectivity index (χ1) is 24.3. The van der Waals surface area contributed by atoms with Gasteiger partial charge in [-0.25, -0.2) is 0 Å². The summed E-state index contributed by atoms with van der Waals surface area (Å²) in [7, 11) is 1.32. The standard InChI is InChI=1S/C41H50N4O6/c1-10-19(3)14-15-51-33(47)13-12-26-21(5)28-16-29-22(6)34(24(8)46)32(43-29)18-27-20(4)25(11-2)31(42-27)17-30-23(7)35-39(45-30)36(38(26)44-28)37(40(35)48)41(49)50-9/h14,16-18,20-21,25-26,37,43,45-46,48H,10-13,15H2,1-9H3/b19-14+,28-16?,31-17?,32-18?,34-24-/t20-,21+,25-,26+,37-/m1/s1. The molecule has 3 aromatic rings. The first-order valence-electron chi connectivity index (χ1n) is 18.1. The average molecular weight is 695 g/mol. The van der Waals surface area contributed by atoms with Crippen LogP contribution in [0.5, 0.6) is 0 Å². The lowest BCUT2D eigenvalue weighted by Crippen LogP contribution is -2.18. The first-order valence-corrected chi connectivity index (χ1v) is 18.1. The van der Waals surface area contributed by atoms with E-state index < -0.39 is 11.9 Å². The third-order valence-corrected chi connectivity index (χ3v) is 11.4. The molecule has 270 valence electrons. The maximum atomic E-state index is 13.5. The van der Waals surface area contributed by atoms with Gasteiger partial charge in [-0.05, 0) is 82.4 Å². The molecule has 4 N–H and O–H groups in total. The average Bonchev–Trinajstić information content (AvgIpc) is 3.84. The number of esters is 2. The molecule has 5 heterocycles. The maximum Gasteiger partial charge on any atom is 0.321 e. The van der Waals surface area contributed by atoms with Gasteiger partial charge in [-0.2, -0.15) is 0 Å². The van der Waals surface area contributed by atoms with Crippen molar-refractivity contribution in [2.75, 3.05) is 13.7 Å². The first kappa shape index (κ1) is 35.9. The van der Waals surface area contributed by atoms with Crippen molar-refractivity contribution in [3.8, 4) is 0 Å². The van der Waals surface area contributed by atoms with Crippen LogP contribution in [0.3, 0.4) is 0 Å². The largest absolute Gasteiger partial charge is 0.512 e. The van der Waals surface area contributed by atoms with Gasteiger partial charge >= 0.3 is 11.9 Å². The Hall–Kier alpha value is -4.86. The Balaban J connectivity index is 1.67. The number of ether oxygens (including phenoxy) is 2. The molecule has 0 amide bonds. The topological polar surface area (TPSA) is 150 Å². The van der Waals surface area contributed by atoms with Crippen molar-refractivity contribution in [2.45, 2.75) is 111 Å². The number of aromatic amines is 2. The number of H-pyrrole nitrogens is 2. The van der Waals surface area contributed by atoms with E-state index in [2.05, 4.69) is 37.7 Å². The molecular weight excluding hydrogens is 644 g/mol. The predicted molar refractivity (Wildman–Crippen MR) is 199 cm³/mol. The molecule has 0 fully saturated rings. The number of carbonyl (C=O) groups excluding carboxylic acids is 2. The highest BCUT2D eigenvalue weighted by Crippen LogP contribution is 2.46. The van der Waals surface area contributed by atoms with E-state index in [0.717, 1.165) is 68.4 Å². The summed E-state index contributed by atoms with van der Waals surface area (Å²) in [6.45, 7) is 16.3. The Bertz CT molecular complexity index is 2240. The smallest absolute Gasteiger partial charge is 0.321 e. The molecule has 2 aliphatic heterocycles. The van der Waals surface area contributed by atoms with E-state index in [-0.39, 0.29) is 54.2 Å². The number of rotatable bonds is 8. The zero-order valence-electron chi connectivity index (χ0n) is 31.2.